The molecule has 1 aliphatic carbocycles. The monoisotopic (exact) mass is 583 g/mol. The zero-order valence-electron chi connectivity index (χ0n) is 25.0. The summed E-state index contributed by atoms with van der Waals surface area (Å²) in [5.41, 5.74) is 4.70. The molecule has 1 aliphatic heterocycles. The summed E-state index contributed by atoms with van der Waals surface area (Å²) in [6, 6.07) is 23.3. The molecule has 0 amide bonds. The summed E-state index contributed by atoms with van der Waals surface area (Å²) in [6.45, 7) is 2.63. The minimum atomic E-state index is -0.749. The zero-order valence-corrected chi connectivity index (χ0v) is 25.0. The highest BCUT2D eigenvalue weighted by atomic mass is 16.6. The number of carbonyl (C=O) groups is 2. The molecule has 3 atom stereocenters. The van der Waals surface area contributed by atoms with Gasteiger partial charge < -0.3 is 23.7 Å². The fraction of sp³-hybridized carbons (Fsp3) is 0.343. The molecule has 43 heavy (non-hydrogen) atoms. The highest BCUT2D eigenvalue weighted by Crippen LogP contribution is 2.48. The molecule has 1 unspecified atom stereocenters. The first-order chi connectivity index (χ1) is 20.9. The van der Waals surface area contributed by atoms with Gasteiger partial charge >= 0.3 is 5.97 Å². The third-order valence-electron chi connectivity index (χ3n) is 8.02. The van der Waals surface area contributed by atoms with Gasteiger partial charge in [0.2, 0.25) is 0 Å². The van der Waals surface area contributed by atoms with E-state index in [1.54, 1.807) is 21.3 Å². The average Bonchev–Trinajstić information content (AvgIpc) is 3.03. The lowest BCUT2D eigenvalue weighted by Gasteiger charge is -2.36. The van der Waals surface area contributed by atoms with E-state index in [-0.39, 0.29) is 31.3 Å². The number of nitrogens with zero attached hydrogens (tertiary/aromatic N) is 1. The number of esters is 1. The van der Waals surface area contributed by atoms with E-state index in [2.05, 4.69) is 0 Å². The second-order valence-electron chi connectivity index (χ2n) is 10.7. The molecular formula is C35H37NO7. The Hall–Kier alpha value is -4.43. The van der Waals surface area contributed by atoms with Crippen LogP contribution in [0.2, 0.25) is 0 Å². The molecule has 0 N–H and O–H groups in total. The number of aliphatic imine (C=N–C) groups is 1. The number of Topliss-reactive ketones (excluding diaryl/α,β-unsaturated/α-hetero) is 1. The predicted molar refractivity (Wildman–Crippen MR) is 163 cm³/mol. The summed E-state index contributed by atoms with van der Waals surface area (Å²) in [4.78, 5) is 32.4. The van der Waals surface area contributed by atoms with Gasteiger partial charge in [0.1, 0.15) is 24.9 Å². The predicted octanol–water partition coefficient (Wildman–Crippen LogP) is 6.05. The van der Waals surface area contributed by atoms with Crippen LogP contribution in [0, 0.1) is 5.92 Å². The topological polar surface area (TPSA) is 92.7 Å². The lowest BCUT2D eigenvalue weighted by Crippen LogP contribution is -2.38. The molecule has 8 heteroatoms. The molecular weight excluding hydrogens is 546 g/mol. The van der Waals surface area contributed by atoms with Crippen molar-refractivity contribution in [1.82, 2.24) is 0 Å². The number of carbonyl (C=O) groups excluding carboxylic acids is 2. The number of benzene rings is 3. The summed E-state index contributed by atoms with van der Waals surface area (Å²) in [7, 11) is 4.74. The third-order valence-corrected chi connectivity index (χ3v) is 8.02. The van der Waals surface area contributed by atoms with Crippen LogP contribution in [-0.2, 0) is 25.7 Å². The Bertz CT molecular complexity index is 1530. The van der Waals surface area contributed by atoms with Crippen LogP contribution in [0.4, 0.5) is 0 Å². The average molecular weight is 584 g/mol. The molecule has 2 aliphatic rings. The summed E-state index contributed by atoms with van der Waals surface area (Å²) >= 11 is 0. The van der Waals surface area contributed by atoms with Gasteiger partial charge in [0.15, 0.2) is 17.3 Å². The number of hydrogen-bond donors (Lipinski definition) is 0. The van der Waals surface area contributed by atoms with Crippen LogP contribution in [0.3, 0.4) is 0 Å². The minimum absolute atomic E-state index is 0.0346. The second kappa shape index (κ2) is 13.7. The van der Waals surface area contributed by atoms with Crippen molar-refractivity contribution in [2.45, 2.75) is 38.2 Å². The molecule has 1 heterocycles. The Morgan fingerprint density at radius 1 is 0.860 bits per heavy atom. The van der Waals surface area contributed by atoms with E-state index in [0.29, 0.717) is 47.3 Å². The van der Waals surface area contributed by atoms with Crippen LogP contribution >= 0.6 is 0 Å². The highest BCUT2D eigenvalue weighted by molar-refractivity contribution is 6.09. The van der Waals surface area contributed by atoms with Crippen molar-refractivity contribution in [3.63, 3.8) is 0 Å². The summed E-state index contributed by atoms with van der Waals surface area (Å²) in [5, 5.41) is 0. The number of ketones is 1. The maximum atomic E-state index is 14.0. The summed E-state index contributed by atoms with van der Waals surface area (Å²) in [6.07, 6.45) is 0.842. The largest absolute Gasteiger partial charge is 0.493 e. The molecule has 0 aromatic heterocycles. The van der Waals surface area contributed by atoms with Crippen molar-refractivity contribution in [3.05, 3.63) is 101 Å². The van der Waals surface area contributed by atoms with Gasteiger partial charge in [-0.1, -0.05) is 48.5 Å². The maximum Gasteiger partial charge on any atom is 0.315 e. The fourth-order valence-corrected chi connectivity index (χ4v) is 5.92. The van der Waals surface area contributed by atoms with Gasteiger partial charge in [-0.3, -0.25) is 14.6 Å². The van der Waals surface area contributed by atoms with Crippen LogP contribution in [0.5, 0.6) is 17.2 Å². The Labute approximate surface area is 252 Å². The molecule has 5 rings (SSSR count). The Kier molecular flexibility index (Phi) is 9.57. The van der Waals surface area contributed by atoms with Crippen molar-refractivity contribution in [3.8, 4) is 17.2 Å². The summed E-state index contributed by atoms with van der Waals surface area (Å²) < 4.78 is 27.7. The van der Waals surface area contributed by atoms with Gasteiger partial charge in [-0.2, -0.15) is 0 Å². The molecule has 0 bridgehead atoms. The molecule has 0 fully saturated rings. The Morgan fingerprint density at radius 3 is 2.40 bits per heavy atom. The SMILES string of the molecule is COCCOC(=O)C1C(C)=NC2=C(C(=O)C[C@H](c3ccc(OC)c(OC)c3)C2)[C@@H]1c1cccc(OCc2ccccc2)c1. The fourth-order valence-electron chi connectivity index (χ4n) is 5.92. The molecule has 0 spiro atoms. The number of allylic oxidation sites excluding steroid dienone is 2. The number of methoxy groups -OCH3 is 3. The van der Waals surface area contributed by atoms with Crippen LogP contribution < -0.4 is 14.2 Å². The van der Waals surface area contributed by atoms with E-state index in [4.69, 9.17) is 28.7 Å². The van der Waals surface area contributed by atoms with E-state index in [0.717, 1.165) is 16.7 Å². The smallest absolute Gasteiger partial charge is 0.315 e. The van der Waals surface area contributed by atoms with Crippen LogP contribution in [0.25, 0.3) is 0 Å². The molecule has 0 saturated heterocycles. The van der Waals surface area contributed by atoms with E-state index < -0.39 is 17.8 Å². The Balaban J connectivity index is 1.50. The van der Waals surface area contributed by atoms with Gasteiger partial charge in [-0.15, -0.1) is 0 Å². The van der Waals surface area contributed by atoms with Gasteiger partial charge in [0, 0.05) is 36.4 Å². The lowest BCUT2D eigenvalue weighted by molar-refractivity contribution is -0.147. The number of hydrogen-bond acceptors (Lipinski definition) is 8. The standard InChI is InChI=1S/C35H37NO7/c1-22-32(35(38)42-16-15-39-2)33(25-11-8-12-27(17-25)43-21-23-9-6-5-7-10-23)34-28(36-22)18-26(19-29(34)37)24-13-14-30(40-3)31(20-24)41-4/h5-14,17,20,26,32-33H,15-16,18-19,21H2,1-4H3/t26-,32?,33-/m1/s1. The van der Waals surface area contributed by atoms with Crippen LogP contribution in [0.15, 0.2) is 89.1 Å². The molecule has 3 aromatic carbocycles. The summed E-state index contributed by atoms with van der Waals surface area (Å²) in [5.74, 6) is 0.0374. The first kappa shape index (κ1) is 30.0. The van der Waals surface area contributed by atoms with E-state index in [1.807, 2.05) is 79.7 Å². The van der Waals surface area contributed by atoms with E-state index >= 15 is 0 Å². The molecule has 0 radical (unpaired) electrons. The van der Waals surface area contributed by atoms with Gasteiger partial charge in [-0.25, -0.2) is 0 Å². The molecule has 0 saturated carbocycles. The molecule has 224 valence electrons. The van der Waals surface area contributed by atoms with Gasteiger partial charge in [0.05, 0.1) is 20.8 Å². The number of ether oxygens (including phenoxy) is 5. The van der Waals surface area contributed by atoms with Crippen molar-refractivity contribution in [1.29, 1.82) is 0 Å². The quantitative estimate of drug-likeness (QED) is 0.201. The van der Waals surface area contributed by atoms with Crippen LogP contribution in [0.1, 0.15) is 48.3 Å². The lowest BCUT2D eigenvalue weighted by atomic mass is 9.69. The number of rotatable bonds is 11. The van der Waals surface area contributed by atoms with Crippen LogP contribution in [-0.4, -0.2) is 52.0 Å². The highest BCUT2D eigenvalue weighted by Gasteiger charge is 2.45. The normalized spacial score (nSPS) is 19.8. The van der Waals surface area contributed by atoms with E-state index in [1.165, 1.54) is 0 Å². The first-order valence-electron chi connectivity index (χ1n) is 14.4. The van der Waals surface area contributed by atoms with Gasteiger partial charge in [-0.05, 0) is 60.2 Å². The molecule has 3 aromatic rings. The zero-order chi connectivity index (χ0) is 30.3. The van der Waals surface area contributed by atoms with Crippen molar-refractivity contribution >= 4 is 17.5 Å². The first-order valence-corrected chi connectivity index (χ1v) is 14.4. The van der Waals surface area contributed by atoms with Crippen molar-refractivity contribution in [2.24, 2.45) is 10.9 Å². The van der Waals surface area contributed by atoms with Gasteiger partial charge in [0.25, 0.3) is 0 Å². The maximum absolute atomic E-state index is 14.0. The second-order valence-corrected chi connectivity index (χ2v) is 10.7. The van der Waals surface area contributed by atoms with Crippen molar-refractivity contribution < 1.29 is 33.3 Å². The van der Waals surface area contributed by atoms with E-state index in [9.17, 15) is 9.59 Å². The third kappa shape index (κ3) is 6.65. The minimum Gasteiger partial charge on any atom is -0.493 e. The van der Waals surface area contributed by atoms with Crippen molar-refractivity contribution in [2.75, 3.05) is 34.5 Å². The Morgan fingerprint density at radius 2 is 1.65 bits per heavy atom. The molecule has 8 nitrogen and oxygen atoms in total.